The molecule has 6 heteroatoms. The van der Waals surface area contributed by atoms with Crippen LogP contribution in [-0.4, -0.2) is 53.8 Å². The second kappa shape index (κ2) is 9.48. The molecule has 0 N–H and O–H groups in total. The molecule has 3 aromatic rings. The van der Waals surface area contributed by atoms with Crippen molar-refractivity contribution < 1.29 is 9.59 Å². The Balaban J connectivity index is 1.31. The molecule has 1 atom stereocenters. The van der Waals surface area contributed by atoms with Gasteiger partial charge < -0.3 is 0 Å². The summed E-state index contributed by atoms with van der Waals surface area (Å²) in [6, 6.07) is 27.7. The molecule has 2 aliphatic rings. The molecule has 168 valence electrons. The Kier molecular flexibility index (Phi) is 6.27. The molecule has 0 unspecified atom stereocenters. The SMILES string of the molecule is O=C1C[C@@H](N2CCN(C(c3ccccc3)c3ccccc3)CC2)C(=O)N1c1ccc(Cl)cc1. The number of piperazine rings is 1. The minimum Gasteiger partial charge on any atom is -0.290 e. The Morgan fingerprint density at radius 1 is 0.727 bits per heavy atom. The minimum absolute atomic E-state index is 0.140. The molecule has 2 heterocycles. The summed E-state index contributed by atoms with van der Waals surface area (Å²) in [5.41, 5.74) is 3.11. The van der Waals surface area contributed by atoms with Gasteiger partial charge in [0.05, 0.1) is 24.2 Å². The van der Waals surface area contributed by atoms with E-state index in [1.54, 1.807) is 24.3 Å². The van der Waals surface area contributed by atoms with E-state index in [1.807, 2.05) is 12.1 Å². The molecular formula is C27H26ClN3O2. The molecule has 3 aromatic carbocycles. The van der Waals surface area contributed by atoms with E-state index < -0.39 is 6.04 Å². The van der Waals surface area contributed by atoms with Gasteiger partial charge in [0, 0.05) is 31.2 Å². The van der Waals surface area contributed by atoms with Gasteiger partial charge in [0.15, 0.2) is 0 Å². The lowest BCUT2D eigenvalue weighted by atomic mass is 9.96. The number of imide groups is 1. The van der Waals surface area contributed by atoms with E-state index in [-0.39, 0.29) is 24.3 Å². The summed E-state index contributed by atoms with van der Waals surface area (Å²) in [4.78, 5) is 31.8. The predicted molar refractivity (Wildman–Crippen MR) is 130 cm³/mol. The van der Waals surface area contributed by atoms with Crippen LogP contribution in [0.5, 0.6) is 0 Å². The summed E-state index contributed by atoms with van der Waals surface area (Å²) in [5.74, 6) is -0.292. The highest BCUT2D eigenvalue weighted by molar-refractivity contribution is 6.30. The third kappa shape index (κ3) is 4.44. The Bertz CT molecular complexity index is 1070. The van der Waals surface area contributed by atoms with Crippen molar-refractivity contribution in [3.05, 3.63) is 101 Å². The highest BCUT2D eigenvalue weighted by Crippen LogP contribution is 2.31. The molecular weight excluding hydrogens is 434 g/mol. The monoisotopic (exact) mass is 459 g/mol. The zero-order chi connectivity index (χ0) is 22.8. The molecule has 2 saturated heterocycles. The molecule has 5 nitrogen and oxygen atoms in total. The van der Waals surface area contributed by atoms with E-state index in [0.29, 0.717) is 10.7 Å². The number of halogens is 1. The molecule has 5 rings (SSSR count). The molecule has 0 saturated carbocycles. The summed E-state index contributed by atoms with van der Waals surface area (Å²) < 4.78 is 0. The number of carbonyl (C=O) groups excluding carboxylic acids is 2. The third-order valence-corrected chi connectivity index (χ3v) is 6.85. The molecule has 0 radical (unpaired) electrons. The molecule has 0 aromatic heterocycles. The third-order valence-electron chi connectivity index (χ3n) is 6.59. The van der Waals surface area contributed by atoms with E-state index >= 15 is 0 Å². The van der Waals surface area contributed by atoms with Crippen LogP contribution in [0, 0.1) is 0 Å². The van der Waals surface area contributed by atoms with Gasteiger partial charge in [-0.15, -0.1) is 0 Å². The van der Waals surface area contributed by atoms with Gasteiger partial charge in [-0.25, -0.2) is 4.90 Å². The van der Waals surface area contributed by atoms with Crippen LogP contribution in [0.2, 0.25) is 5.02 Å². The number of hydrogen-bond donors (Lipinski definition) is 0. The Morgan fingerprint density at radius 3 is 1.82 bits per heavy atom. The fraction of sp³-hybridized carbons (Fsp3) is 0.259. The van der Waals surface area contributed by atoms with E-state index in [1.165, 1.54) is 16.0 Å². The van der Waals surface area contributed by atoms with Crippen molar-refractivity contribution in [1.29, 1.82) is 0 Å². The van der Waals surface area contributed by atoms with Crippen molar-refractivity contribution in [3.63, 3.8) is 0 Å². The van der Waals surface area contributed by atoms with Gasteiger partial charge in [0.1, 0.15) is 0 Å². The number of carbonyl (C=O) groups is 2. The number of anilines is 1. The molecule has 2 amide bonds. The van der Waals surface area contributed by atoms with Crippen LogP contribution < -0.4 is 4.90 Å². The fourth-order valence-electron chi connectivity index (χ4n) is 4.95. The maximum atomic E-state index is 13.2. The molecule has 33 heavy (non-hydrogen) atoms. The van der Waals surface area contributed by atoms with Crippen LogP contribution in [0.1, 0.15) is 23.6 Å². The summed E-state index contributed by atoms with van der Waals surface area (Å²) >= 11 is 5.97. The number of nitrogens with zero attached hydrogens (tertiary/aromatic N) is 3. The molecule has 0 aliphatic carbocycles. The topological polar surface area (TPSA) is 43.9 Å². The first-order chi connectivity index (χ1) is 16.1. The lowest BCUT2D eigenvalue weighted by molar-refractivity contribution is -0.123. The van der Waals surface area contributed by atoms with Gasteiger partial charge in [-0.1, -0.05) is 72.3 Å². The van der Waals surface area contributed by atoms with Gasteiger partial charge in [-0.3, -0.25) is 19.4 Å². The highest BCUT2D eigenvalue weighted by Gasteiger charge is 2.43. The van der Waals surface area contributed by atoms with Gasteiger partial charge >= 0.3 is 0 Å². The molecule has 2 aliphatic heterocycles. The molecule has 0 spiro atoms. The van der Waals surface area contributed by atoms with Crippen LogP contribution in [0.3, 0.4) is 0 Å². The van der Waals surface area contributed by atoms with Crippen LogP contribution in [0.15, 0.2) is 84.9 Å². The first kappa shape index (κ1) is 21.8. The lowest BCUT2D eigenvalue weighted by Gasteiger charge is -2.41. The van der Waals surface area contributed by atoms with Crippen molar-refractivity contribution in [1.82, 2.24) is 9.80 Å². The molecule has 0 bridgehead atoms. The van der Waals surface area contributed by atoms with Crippen molar-refractivity contribution >= 4 is 29.1 Å². The second-order valence-corrected chi connectivity index (χ2v) is 9.00. The quantitative estimate of drug-likeness (QED) is 0.531. The largest absolute Gasteiger partial charge is 0.290 e. The van der Waals surface area contributed by atoms with Crippen molar-refractivity contribution in [3.8, 4) is 0 Å². The zero-order valence-corrected chi connectivity index (χ0v) is 19.1. The standard InChI is InChI=1S/C27H26ClN3O2/c28-22-11-13-23(14-12-22)31-25(32)19-24(27(31)33)29-15-17-30(18-16-29)26(20-7-3-1-4-8-20)21-9-5-2-6-10-21/h1-14,24,26H,15-19H2/t24-/m1/s1. The van der Waals surface area contributed by atoms with Crippen LogP contribution >= 0.6 is 11.6 Å². The average Bonchev–Trinajstić information content (AvgIpc) is 3.15. The van der Waals surface area contributed by atoms with Crippen LogP contribution in [0.4, 0.5) is 5.69 Å². The maximum absolute atomic E-state index is 13.2. The van der Waals surface area contributed by atoms with E-state index in [2.05, 4.69) is 58.3 Å². The van der Waals surface area contributed by atoms with Crippen molar-refractivity contribution in [2.45, 2.75) is 18.5 Å². The van der Waals surface area contributed by atoms with Gasteiger partial charge in [-0.2, -0.15) is 0 Å². The Morgan fingerprint density at radius 2 is 1.27 bits per heavy atom. The smallest absolute Gasteiger partial charge is 0.251 e. The minimum atomic E-state index is -0.401. The Labute approximate surface area is 199 Å². The first-order valence-corrected chi connectivity index (χ1v) is 11.7. The summed E-state index contributed by atoms with van der Waals surface area (Å²) in [6.45, 7) is 3.14. The number of amides is 2. The zero-order valence-electron chi connectivity index (χ0n) is 18.3. The summed E-state index contributed by atoms with van der Waals surface area (Å²) in [5, 5.41) is 0.580. The van der Waals surface area contributed by atoms with E-state index in [4.69, 9.17) is 11.6 Å². The van der Waals surface area contributed by atoms with Gasteiger partial charge in [0.2, 0.25) is 5.91 Å². The number of benzene rings is 3. The number of hydrogen-bond acceptors (Lipinski definition) is 4. The number of rotatable bonds is 5. The average molecular weight is 460 g/mol. The Hall–Kier alpha value is -2.99. The van der Waals surface area contributed by atoms with Gasteiger partial charge in [-0.05, 0) is 35.4 Å². The summed E-state index contributed by atoms with van der Waals surface area (Å²) in [6.07, 6.45) is 0.224. The van der Waals surface area contributed by atoms with E-state index in [9.17, 15) is 9.59 Å². The van der Waals surface area contributed by atoms with Crippen LogP contribution in [0.25, 0.3) is 0 Å². The van der Waals surface area contributed by atoms with Gasteiger partial charge in [0.25, 0.3) is 5.91 Å². The summed E-state index contributed by atoms with van der Waals surface area (Å²) in [7, 11) is 0. The fourth-order valence-corrected chi connectivity index (χ4v) is 5.08. The van der Waals surface area contributed by atoms with Crippen molar-refractivity contribution in [2.24, 2.45) is 0 Å². The predicted octanol–water partition coefficient (Wildman–Crippen LogP) is 4.38. The lowest BCUT2D eigenvalue weighted by Crippen LogP contribution is -2.53. The van der Waals surface area contributed by atoms with E-state index in [0.717, 1.165) is 26.2 Å². The van der Waals surface area contributed by atoms with Crippen molar-refractivity contribution in [2.75, 3.05) is 31.1 Å². The van der Waals surface area contributed by atoms with Crippen LogP contribution in [-0.2, 0) is 9.59 Å². The first-order valence-electron chi connectivity index (χ1n) is 11.3. The second-order valence-electron chi connectivity index (χ2n) is 8.56. The molecule has 2 fully saturated rings. The highest BCUT2D eigenvalue weighted by atomic mass is 35.5. The normalized spacial score (nSPS) is 20.1. The maximum Gasteiger partial charge on any atom is 0.251 e.